The number of hydrogen-bond acceptors (Lipinski definition) is 5. The molecule has 0 amide bonds. The summed E-state index contributed by atoms with van der Waals surface area (Å²) in [5, 5.41) is 21.3. The molecule has 0 radical (unpaired) electrons. The van der Waals surface area contributed by atoms with E-state index in [1.165, 1.54) is 11.1 Å². The maximum atomic E-state index is 14.7. The van der Waals surface area contributed by atoms with Gasteiger partial charge in [-0.25, -0.2) is 9.18 Å². The minimum absolute atomic E-state index is 0.112. The van der Waals surface area contributed by atoms with Crippen molar-refractivity contribution >= 4 is 6.16 Å². The van der Waals surface area contributed by atoms with Crippen molar-refractivity contribution < 1.29 is 19.1 Å². The highest BCUT2D eigenvalue weighted by atomic mass is 19.1. The van der Waals surface area contributed by atoms with E-state index in [0.29, 0.717) is 37.2 Å². The van der Waals surface area contributed by atoms with Gasteiger partial charge in [0.25, 0.3) is 0 Å². The summed E-state index contributed by atoms with van der Waals surface area (Å²) in [7, 11) is 0. The highest BCUT2D eigenvalue weighted by molar-refractivity contribution is 5.66. The highest BCUT2D eigenvalue weighted by Gasteiger charge is 2.28. The third-order valence-corrected chi connectivity index (χ3v) is 6.54. The second-order valence-electron chi connectivity index (χ2n) is 8.83. The standard InChI is InChI=1S/C28H27FN4O3/c29-25-9-5-4-8-23(25)27-24(18-30-32-27)26(31-22-14-16-33(17-15-22)36-28(34)35)21-12-10-20(11-13-21)19-6-2-1-3-7-19/h1-13,18,22,26,31H,14-17H2,(H,30,32)(H,34,35). The van der Waals surface area contributed by atoms with Crippen LogP contribution in [0.5, 0.6) is 0 Å². The molecule has 8 heteroatoms. The Bertz CT molecular complexity index is 1300. The number of aromatic amines is 1. The van der Waals surface area contributed by atoms with Crippen LogP contribution in [0.1, 0.15) is 30.0 Å². The first-order valence-electron chi connectivity index (χ1n) is 11.9. The molecule has 1 aliphatic heterocycles. The summed E-state index contributed by atoms with van der Waals surface area (Å²) in [6.45, 7) is 0.990. The molecule has 0 saturated carbocycles. The lowest BCUT2D eigenvalue weighted by Crippen LogP contribution is -2.44. The monoisotopic (exact) mass is 486 g/mol. The van der Waals surface area contributed by atoms with Gasteiger partial charge in [0.15, 0.2) is 0 Å². The maximum Gasteiger partial charge on any atom is 0.525 e. The Morgan fingerprint density at radius 3 is 2.36 bits per heavy atom. The second-order valence-corrected chi connectivity index (χ2v) is 8.83. The minimum atomic E-state index is -1.30. The Labute approximate surface area is 208 Å². The molecule has 1 unspecified atom stereocenters. The van der Waals surface area contributed by atoms with Crippen LogP contribution in [0.3, 0.4) is 0 Å². The van der Waals surface area contributed by atoms with E-state index < -0.39 is 6.16 Å². The fourth-order valence-corrected chi connectivity index (χ4v) is 4.72. The first-order valence-corrected chi connectivity index (χ1v) is 11.9. The average Bonchev–Trinajstić information content (AvgIpc) is 3.38. The topological polar surface area (TPSA) is 90.5 Å². The Morgan fingerprint density at radius 1 is 1.00 bits per heavy atom. The number of halogens is 1. The summed E-state index contributed by atoms with van der Waals surface area (Å²) in [4.78, 5) is 15.7. The summed E-state index contributed by atoms with van der Waals surface area (Å²) in [5.41, 5.74) is 5.20. The van der Waals surface area contributed by atoms with Crippen molar-refractivity contribution in [1.29, 1.82) is 0 Å². The first-order chi connectivity index (χ1) is 17.6. The number of rotatable bonds is 7. The lowest BCUT2D eigenvalue weighted by atomic mass is 9.92. The summed E-state index contributed by atoms with van der Waals surface area (Å²) in [5.74, 6) is -0.319. The van der Waals surface area contributed by atoms with Gasteiger partial charge in [-0.3, -0.25) is 5.10 Å². The molecule has 0 aliphatic carbocycles. The molecule has 0 bridgehead atoms. The van der Waals surface area contributed by atoms with Gasteiger partial charge in [-0.2, -0.15) is 5.10 Å². The molecule has 0 spiro atoms. The predicted molar refractivity (Wildman–Crippen MR) is 135 cm³/mol. The third kappa shape index (κ3) is 5.30. The fourth-order valence-electron chi connectivity index (χ4n) is 4.72. The molecular formula is C28H27FN4O3. The lowest BCUT2D eigenvalue weighted by molar-refractivity contribution is -0.132. The number of carboxylic acid groups (broad SMARTS) is 1. The van der Waals surface area contributed by atoms with Crippen molar-refractivity contribution in [1.82, 2.24) is 20.6 Å². The van der Waals surface area contributed by atoms with E-state index in [2.05, 4.69) is 51.9 Å². The minimum Gasteiger partial charge on any atom is -0.448 e. The number of hydroxylamine groups is 2. The van der Waals surface area contributed by atoms with Gasteiger partial charge in [0.2, 0.25) is 0 Å². The number of benzene rings is 3. The van der Waals surface area contributed by atoms with Crippen molar-refractivity contribution in [3.8, 4) is 22.4 Å². The van der Waals surface area contributed by atoms with E-state index in [1.54, 1.807) is 24.4 Å². The average molecular weight is 487 g/mol. The Morgan fingerprint density at radius 2 is 1.67 bits per heavy atom. The van der Waals surface area contributed by atoms with Crippen LogP contribution in [-0.4, -0.2) is 45.7 Å². The zero-order valence-electron chi connectivity index (χ0n) is 19.6. The highest BCUT2D eigenvalue weighted by Crippen LogP contribution is 2.33. The quantitative estimate of drug-likeness (QED) is 0.313. The molecule has 1 aliphatic rings. The smallest absolute Gasteiger partial charge is 0.448 e. The SMILES string of the molecule is O=C(O)ON1CCC(NC(c2ccc(-c3ccccc3)cc2)c2cn[nH]c2-c2ccccc2F)CC1. The molecule has 2 heterocycles. The van der Waals surface area contributed by atoms with E-state index >= 15 is 0 Å². The van der Waals surface area contributed by atoms with E-state index in [9.17, 15) is 9.18 Å². The van der Waals surface area contributed by atoms with Gasteiger partial charge in [0, 0.05) is 30.3 Å². The number of aromatic nitrogens is 2. The van der Waals surface area contributed by atoms with Crippen molar-refractivity contribution in [3.63, 3.8) is 0 Å². The van der Waals surface area contributed by atoms with Crippen LogP contribution in [0.25, 0.3) is 22.4 Å². The van der Waals surface area contributed by atoms with Crippen LogP contribution in [0.2, 0.25) is 0 Å². The number of piperidine rings is 1. The van der Waals surface area contributed by atoms with E-state index in [1.807, 2.05) is 18.2 Å². The number of carbonyl (C=O) groups is 1. The largest absolute Gasteiger partial charge is 0.525 e. The molecule has 1 atom stereocenters. The van der Waals surface area contributed by atoms with Gasteiger partial charge in [-0.15, -0.1) is 5.06 Å². The fraction of sp³-hybridized carbons (Fsp3) is 0.214. The lowest BCUT2D eigenvalue weighted by Gasteiger charge is -2.33. The van der Waals surface area contributed by atoms with Crippen LogP contribution in [-0.2, 0) is 4.84 Å². The molecule has 1 saturated heterocycles. The van der Waals surface area contributed by atoms with Crippen molar-refractivity contribution in [2.75, 3.05) is 13.1 Å². The number of nitrogens with one attached hydrogen (secondary N) is 2. The van der Waals surface area contributed by atoms with Crippen molar-refractivity contribution in [3.05, 3.63) is 102 Å². The Hall–Kier alpha value is -4.01. The summed E-state index contributed by atoms with van der Waals surface area (Å²) < 4.78 is 14.7. The van der Waals surface area contributed by atoms with Crippen molar-refractivity contribution in [2.24, 2.45) is 0 Å². The molecule has 3 N–H and O–H groups in total. The molecular weight excluding hydrogens is 459 g/mol. The molecule has 184 valence electrons. The van der Waals surface area contributed by atoms with Gasteiger partial charge in [0.1, 0.15) is 5.82 Å². The Balaban J connectivity index is 1.45. The van der Waals surface area contributed by atoms with E-state index in [0.717, 1.165) is 22.3 Å². The van der Waals surface area contributed by atoms with Gasteiger partial charge in [-0.1, -0.05) is 66.7 Å². The zero-order valence-corrected chi connectivity index (χ0v) is 19.6. The van der Waals surface area contributed by atoms with E-state index in [-0.39, 0.29) is 17.9 Å². The van der Waals surface area contributed by atoms with Crippen molar-refractivity contribution in [2.45, 2.75) is 24.9 Å². The van der Waals surface area contributed by atoms with Gasteiger partial charge < -0.3 is 15.3 Å². The van der Waals surface area contributed by atoms with Crippen LogP contribution in [0.15, 0.2) is 85.1 Å². The summed E-state index contributed by atoms with van der Waals surface area (Å²) >= 11 is 0. The number of hydrogen-bond donors (Lipinski definition) is 3. The Kier molecular flexibility index (Phi) is 7.06. The second kappa shape index (κ2) is 10.7. The molecule has 1 aromatic heterocycles. The number of H-pyrrole nitrogens is 1. The molecule has 5 rings (SSSR count). The molecule has 4 aromatic rings. The number of nitrogens with zero attached hydrogens (tertiary/aromatic N) is 2. The van der Waals surface area contributed by atoms with Crippen LogP contribution in [0.4, 0.5) is 9.18 Å². The maximum absolute atomic E-state index is 14.7. The third-order valence-electron chi connectivity index (χ3n) is 6.54. The normalized spacial score (nSPS) is 15.5. The summed E-state index contributed by atoms with van der Waals surface area (Å²) in [6.07, 6.45) is 1.86. The van der Waals surface area contributed by atoms with Crippen LogP contribution >= 0.6 is 0 Å². The molecule has 36 heavy (non-hydrogen) atoms. The first kappa shape index (κ1) is 23.7. The molecule has 1 fully saturated rings. The van der Waals surface area contributed by atoms with Gasteiger partial charge >= 0.3 is 6.16 Å². The van der Waals surface area contributed by atoms with Gasteiger partial charge in [0.05, 0.1) is 17.9 Å². The molecule has 7 nitrogen and oxygen atoms in total. The molecule has 3 aromatic carbocycles. The van der Waals surface area contributed by atoms with Crippen LogP contribution < -0.4 is 5.32 Å². The van der Waals surface area contributed by atoms with Gasteiger partial charge in [-0.05, 0) is 41.7 Å². The predicted octanol–water partition coefficient (Wildman–Crippen LogP) is 5.64. The summed E-state index contributed by atoms with van der Waals surface area (Å²) in [6, 6.07) is 25.0. The van der Waals surface area contributed by atoms with E-state index in [4.69, 9.17) is 9.94 Å². The zero-order chi connectivity index (χ0) is 24.9. The van der Waals surface area contributed by atoms with Crippen LogP contribution in [0, 0.1) is 5.82 Å².